The zero-order valence-electron chi connectivity index (χ0n) is 8.12. The van der Waals surface area contributed by atoms with Gasteiger partial charge in [0.2, 0.25) is 0 Å². The fourth-order valence-corrected chi connectivity index (χ4v) is 3.24. The third-order valence-electron chi connectivity index (χ3n) is 2.69. The number of hydrogen-bond acceptors (Lipinski definition) is 2. The topological polar surface area (TPSA) is 20.2 Å². The maximum absolute atomic E-state index is 13.5. The molecular formula is C11H12ClFOS. The van der Waals surface area contributed by atoms with E-state index in [0.29, 0.717) is 10.6 Å². The fourth-order valence-electron chi connectivity index (χ4n) is 1.80. The summed E-state index contributed by atoms with van der Waals surface area (Å²) in [6, 6.07) is 4.44. The summed E-state index contributed by atoms with van der Waals surface area (Å²) in [7, 11) is 0. The van der Waals surface area contributed by atoms with Crippen molar-refractivity contribution in [2.24, 2.45) is 5.92 Å². The molecule has 1 fully saturated rings. The lowest BCUT2D eigenvalue weighted by Gasteiger charge is -2.17. The first-order valence-electron chi connectivity index (χ1n) is 4.89. The van der Waals surface area contributed by atoms with Crippen molar-refractivity contribution in [1.29, 1.82) is 0 Å². The highest BCUT2D eigenvalue weighted by atomic mass is 35.5. The minimum Gasteiger partial charge on any atom is -0.388 e. The van der Waals surface area contributed by atoms with Gasteiger partial charge >= 0.3 is 0 Å². The lowest BCUT2D eigenvalue weighted by Crippen LogP contribution is -2.13. The van der Waals surface area contributed by atoms with E-state index in [1.165, 1.54) is 6.07 Å². The zero-order valence-corrected chi connectivity index (χ0v) is 9.69. The third kappa shape index (κ3) is 2.47. The Hall–Kier alpha value is -0.250. The smallest absolute Gasteiger partial charge is 0.130 e. The van der Waals surface area contributed by atoms with Crippen molar-refractivity contribution in [3.63, 3.8) is 0 Å². The Morgan fingerprint density at radius 1 is 1.53 bits per heavy atom. The van der Waals surface area contributed by atoms with E-state index in [4.69, 9.17) is 11.6 Å². The molecule has 0 amide bonds. The van der Waals surface area contributed by atoms with E-state index < -0.39 is 11.9 Å². The molecule has 1 N–H and O–H groups in total. The van der Waals surface area contributed by atoms with E-state index in [2.05, 4.69) is 0 Å². The van der Waals surface area contributed by atoms with Gasteiger partial charge in [0.05, 0.1) is 6.10 Å². The highest BCUT2D eigenvalue weighted by Crippen LogP contribution is 2.35. The molecule has 82 valence electrons. The third-order valence-corrected chi connectivity index (χ3v) is 4.12. The number of rotatable bonds is 2. The molecule has 2 unspecified atom stereocenters. The summed E-state index contributed by atoms with van der Waals surface area (Å²) < 4.78 is 13.5. The van der Waals surface area contributed by atoms with Crippen molar-refractivity contribution in [2.75, 3.05) is 11.5 Å². The number of halogens is 2. The molecule has 1 aliphatic rings. The van der Waals surface area contributed by atoms with Gasteiger partial charge in [0.25, 0.3) is 0 Å². The van der Waals surface area contributed by atoms with Gasteiger partial charge in [-0.15, -0.1) is 0 Å². The van der Waals surface area contributed by atoms with Crippen molar-refractivity contribution < 1.29 is 9.50 Å². The van der Waals surface area contributed by atoms with Crippen LogP contribution in [0, 0.1) is 11.7 Å². The summed E-state index contributed by atoms with van der Waals surface area (Å²) in [5.74, 6) is 1.72. The molecule has 1 aliphatic heterocycles. The molecule has 2 atom stereocenters. The van der Waals surface area contributed by atoms with Crippen molar-refractivity contribution >= 4 is 23.4 Å². The first-order valence-corrected chi connectivity index (χ1v) is 6.42. The highest BCUT2D eigenvalue weighted by molar-refractivity contribution is 7.99. The molecule has 1 nitrogen and oxygen atoms in total. The van der Waals surface area contributed by atoms with Gasteiger partial charge in [-0.05, 0) is 36.0 Å². The van der Waals surface area contributed by atoms with Crippen LogP contribution in [0.5, 0.6) is 0 Å². The monoisotopic (exact) mass is 246 g/mol. The van der Waals surface area contributed by atoms with Crippen molar-refractivity contribution in [1.82, 2.24) is 0 Å². The minimum atomic E-state index is -0.697. The van der Waals surface area contributed by atoms with Crippen molar-refractivity contribution in [3.05, 3.63) is 34.6 Å². The number of aliphatic hydroxyl groups is 1. The van der Waals surface area contributed by atoms with Gasteiger partial charge in [0.15, 0.2) is 0 Å². The average molecular weight is 247 g/mol. The summed E-state index contributed by atoms with van der Waals surface area (Å²) in [4.78, 5) is 0. The number of thioether (sulfide) groups is 1. The Labute approximate surface area is 97.6 Å². The predicted octanol–water partition coefficient (Wildman–Crippen LogP) is 3.27. The Morgan fingerprint density at radius 3 is 2.93 bits per heavy atom. The first-order chi connectivity index (χ1) is 7.18. The SMILES string of the molecule is OC(c1ccc(Cl)cc1F)C1CCSC1. The normalized spacial score (nSPS) is 23.0. The zero-order chi connectivity index (χ0) is 10.8. The molecule has 1 aromatic carbocycles. The molecule has 0 spiro atoms. The molecule has 2 rings (SSSR count). The summed E-state index contributed by atoms with van der Waals surface area (Å²) >= 11 is 7.46. The summed E-state index contributed by atoms with van der Waals surface area (Å²) in [6.07, 6.45) is 0.255. The van der Waals surface area contributed by atoms with E-state index in [0.717, 1.165) is 17.9 Å². The standard InChI is InChI=1S/C11H12ClFOS/c12-8-1-2-9(10(13)5-8)11(14)7-3-4-15-6-7/h1-2,5,7,11,14H,3-4,6H2. The fraction of sp³-hybridized carbons (Fsp3) is 0.455. The van der Waals surface area contributed by atoms with Crippen molar-refractivity contribution in [3.8, 4) is 0 Å². The summed E-state index contributed by atoms with van der Waals surface area (Å²) in [5.41, 5.74) is 0.368. The number of benzene rings is 1. The lowest BCUT2D eigenvalue weighted by atomic mass is 9.95. The summed E-state index contributed by atoms with van der Waals surface area (Å²) in [6.45, 7) is 0. The highest BCUT2D eigenvalue weighted by Gasteiger charge is 2.26. The van der Waals surface area contributed by atoms with Crippen LogP contribution in [0.25, 0.3) is 0 Å². The molecule has 0 bridgehead atoms. The maximum Gasteiger partial charge on any atom is 0.130 e. The number of aliphatic hydroxyl groups excluding tert-OH is 1. The van der Waals surface area contributed by atoms with Crippen LogP contribution >= 0.6 is 23.4 Å². The van der Waals surface area contributed by atoms with Gasteiger partial charge in [0, 0.05) is 10.6 Å². The van der Waals surface area contributed by atoms with E-state index in [1.807, 2.05) is 0 Å². The molecule has 1 aromatic rings. The van der Waals surface area contributed by atoms with Gasteiger partial charge in [-0.2, -0.15) is 11.8 Å². The molecule has 0 aliphatic carbocycles. The van der Waals surface area contributed by atoms with Crippen LogP contribution in [-0.4, -0.2) is 16.6 Å². The predicted molar refractivity (Wildman–Crippen MR) is 61.8 cm³/mol. The Morgan fingerprint density at radius 2 is 2.33 bits per heavy atom. The van der Waals surface area contributed by atoms with E-state index in [1.54, 1.807) is 23.9 Å². The van der Waals surface area contributed by atoms with Gasteiger partial charge in [0.1, 0.15) is 5.82 Å². The second-order valence-electron chi connectivity index (χ2n) is 3.73. The molecule has 1 heterocycles. The van der Waals surface area contributed by atoms with E-state index in [9.17, 15) is 9.50 Å². The Kier molecular flexibility index (Phi) is 3.54. The molecule has 15 heavy (non-hydrogen) atoms. The second kappa shape index (κ2) is 4.73. The van der Waals surface area contributed by atoms with Crippen LogP contribution in [0.15, 0.2) is 18.2 Å². The van der Waals surface area contributed by atoms with E-state index in [-0.39, 0.29) is 5.92 Å². The Bertz CT molecular complexity index is 352. The lowest BCUT2D eigenvalue weighted by molar-refractivity contribution is 0.117. The van der Waals surface area contributed by atoms with Crippen LogP contribution in [0.3, 0.4) is 0 Å². The Balaban J connectivity index is 2.20. The minimum absolute atomic E-state index is 0.172. The van der Waals surface area contributed by atoms with Gasteiger partial charge in [-0.3, -0.25) is 0 Å². The quantitative estimate of drug-likeness (QED) is 0.864. The maximum atomic E-state index is 13.5. The van der Waals surface area contributed by atoms with Crippen molar-refractivity contribution in [2.45, 2.75) is 12.5 Å². The second-order valence-corrected chi connectivity index (χ2v) is 5.32. The molecule has 1 saturated heterocycles. The number of hydrogen-bond donors (Lipinski definition) is 1. The van der Waals surface area contributed by atoms with Crippen LogP contribution < -0.4 is 0 Å². The molecule has 0 aromatic heterocycles. The molecular weight excluding hydrogens is 235 g/mol. The molecule has 4 heteroatoms. The molecule has 0 saturated carbocycles. The average Bonchev–Trinajstić information content (AvgIpc) is 2.69. The van der Waals surface area contributed by atoms with Gasteiger partial charge in [-0.1, -0.05) is 17.7 Å². The van der Waals surface area contributed by atoms with Gasteiger partial charge in [-0.25, -0.2) is 4.39 Å². The summed E-state index contributed by atoms with van der Waals surface area (Å²) in [5, 5.41) is 10.4. The largest absolute Gasteiger partial charge is 0.388 e. The molecule has 0 radical (unpaired) electrons. The van der Waals surface area contributed by atoms with Crippen LogP contribution in [-0.2, 0) is 0 Å². The van der Waals surface area contributed by atoms with Crippen LogP contribution in [0.2, 0.25) is 5.02 Å². The van der Waals surface area contributed by atoms with E-state index >= 15 is 0 Å². The van der Waals surface area contributed by atoms with Gasteiger partial charge < -0.3 is 5.11 Å². The van der Waals surface area contributed by atoms with Crippen LogP contribution in [0.4, 0.5) is 4.39 Å². The first kappa shape index (κ1) is 11.2. The van der Waals surface area contributed by atoms with Crippen LogP contribution in [0.1, 0.15) is 18.1 Å².